The lowest BCUT2D eigenvalue weighted by molar-refractivity contribution is 0.0938. The molecule has 0 amide bonds. The van der Waals surface area contributed by atoms with Crippen LogP contribution in [0, 0.1) is 12.7 Å². The zero-order valence-electron chi connectivity index (χ0n) is 16.0. The van der Waals surface area contributed by atoms with Gasteiger partial charge in [-0.05, 0) is 55.2 Å². The molecular formula is C22H21Cl2FN2O2. The normalized spacial score (nSPS) is 15.7. The Morgan fingerprint density at radius 2 is 1.97 bits per heavy atom. The highest BCUT2D eigenvalue weighted by molar-refractivity contribution is 6.35. The fraction of sp³-hybridized carbons (Fsp3) is 0.318. The van der Waals surface area contributed by atoms with E-state index in [1.54, 1.807) is 25.1 Å². The van der Waals surface area contributed by atoms with E-state index in [0.29, 0.717) is 26.4 Å². The number of hydrogen-bond donors (Lipinski definition) is 1. The minimum absolute atomic E-state index is 0.0683. The maximum atomic E-state index is 15.0. The maximum absolute atomic E-state index is 15.0. The molecule has 1 aliphatic rings. The van der Waals surface area contributed by atoms with Crippen molar-refractivity contribution in [1.82, 2.24) is 9.88 Å². The third kappa shape index (κ3) is 4.27. The molecule has 1 N–H and O–H groups in total. The standard InChI is InChI=1S/C22H21Cl2FN2O2/c1-13-11-26-22(28)17-4-5-19(21(25)20(13)17)29-16-6-8-27(9-7-16)12-14-2-3-15(23)10-18(14)24/h2-5,10-11,16H,6-9,12H2,1H3,(H,26,28). The second-order valence-electron chi connectivity index (χ2n) is 7.43. The van der Waals surface area contributed by atoms with Crippen molar-refractivity contribution in [3.8, 4) is 5.75 Å². The molecule has 0 atom stereocenters. The predicted molar refractivity (Wildman–Crippen MR) is 115 cm³/mol. The molecule has 152 valence electrons. The quantitative estimate of drug-likeness (QED) is 0.603. The highest BCUT2D eigenvalue weighted by Gasteiger charge is 2.23. The lowest BCUT2D eigenvalue weighted by atomic mass is 10.1. The summed E-state index contributed by atoms with van der Waals surface area (Å²) in [5, 5.41) is 1.95. The van der Waals surface area contributed by atoms with Crippen LogP contribution in [-0.4, -0.2) is 29.1 Å². The van der Waals surface area contributed by atoms with Gasteiger partial charge in [0, 0.05) is 41.3 Å². The summed E-state index contributed by atoms with van der Waals surface area (Å²) in [5.41, 5.74) is 1.42. The lowest BCUT2D eigenvalue weighted by Crippen LogP contribution is -2.38. The van der Waals surface area contributed by atoms with E-state index in [4.69, 9.17) is 27.9 Å². The number of nitrogens with zero attached hydrogens (tertiary/aromatic N) is 1. The van der Waals surface area contributed by atoms with Crippen molar-refractivity contribution >= 4 is 34.0 Å². The van der Waals surface area contributed by atoms with E-state index >= 15 is 0 Å². The number of hydrogen-bond acceptors (Lipinski definition) is 3. The minimum atomic E-state index is -0.471. The Hall–Kier alpha value is -2.08. The Morgan fingerprint density at radius 1 is 1.21 bits per heavy atom. The van der Waals surface area contributed by atoms with Crippen LogP contribution in [0.1, 0.15) is 24.0 Å². The number of H-pyrrole nitrogens is 1. The zero-order chi connectivity index (χ0) is 20.5. The summed E-state index contributed by atoms with van der Waals surface area (Å²) in [4.78, 5) is 16.8. The first-order valence-electron chi connectivity index (χ1n) is 9.56. The molecule has 0 radical (unpaired) electrons. The van der Waals surface area contributed by atoms with Crippen molar-refractivity contribution in [3.63, 3.8) is 0 Å². The van der Waals surface area contributed by atoms with Crippen LogP contribution in [0.15, 0.2) is 41.3 Å². The summed E-state index contributed by atoms with van der Waals surface area (Å²) in [7, 11) is 0. The molecule has 29 heavy (non-hydrogen) atoms. The number of pyridine rings is 1. The second-order valence-corrected chi connectivity index (χ2v) is 8.27. The van der Waals surface area contributed by atoms with Gasteiger partial charge in [0.1, 0.15) is 6.10 Å². The summed E-state index contributed by atoms with van der Waals surface area (Å²) in [6.07, 6.45) is 3.03. The van der Waals surface area contributed by atoms with Crippen LogP contribution >= 0.6 is 23.2 Å². The SMILES string of the molecule is Cc1c[nH]c(=O)c2ccc(OC3CCN(Cc4ccc(Cl)cc4Cl)CC3)c(F)c12. The molecule has 0 saturated carbocycles. The molecule has 0 spiro atoms. The number of nitrogens with one attached hydrogen (secondary N) is 1. The van der Waals surface area contributed by atoms with Crippen LogP contribution in [-0.2, 0) is 6.54 Å². The number of halogens is 3. The van der Waals surface area contributed by atoms with E-state index in [1.807, 2.05) is 12.1 Å². The molecule has 2 heterocycles. The Morgan fingerprint density at radius 3 is 2.69 bits per heavy atom. The van der Waals surface area contributed by atoms with Gasteiger partial charge < -0.3 is 9.72 Å². The van der Waals surface area contributed by atoms with Gasteiger partial charge in [-0.1, -0.05) is 29.3 Å². The maximum Gasteiger partial charge on any atom is 0.255 e. The Kier molecular flexibility index (Phi) is 5.81. The first-order valence-corrected chi connectivity index (χ1v) is 10.3. The molecule has 7 heteroatoms. The molecule has 0 unspecified atom stereocenters. The van der Waals surface area contributed by atoms with Gasteiger partial charge in [-0.25, -0.2) is 4.39 Å². The van der Waals surface area contributed by atoms with E-state index < -0.39 is 5.82 Å². The van der Waals surface area contributed by atoms with E-state index in [1.165, 1.54) is 6.20 Å². The van der Waals surface area contributed by atoms with Gasteiger partial charge in [-0.15, -0.1) is 0 Å². The molecule has 3 aromatic rings. The largest absolute Gasteiger partial charge is 0.487 e. The molecule has 4 rings (SSSR count). The first kappa shape index (κ1) is 20.2. The average molecular weight is 435 g/mol. The van der Waals surface area contributed by atoms with Crippen LogP contribution in [0.2, 0.25) is 10.0 Å². The molecule has 0 aliphatic carbocycles. The van der Waals surface area contributed by atoms with Crippen molar-refractivity contribution in [2.45, 2.75) is 32.4 Å². The molecule has 1 aromatic heterocycles. The highest BCUT2D eigenvalue weighted by Crippen LogP contribution is 2.29. The fourth-order valence-corrected chi connectivity index (χ4v) is 4.27. The topological polar surface area (TPSA) is 45.3 Å². The van der Waals surface area contributed by atoms with Gasteiger partial charge in [0.25, 0.3) is 5.56 Å². The number of piperidine rings is 1. The average Bonchev–Trinajstić information content (AvgIpc) is 2.70. The first-order chi connectivity index (χ1) is 13.9. The number of benzene rings is 2. The third-order valence-corrected chi connectivity index (χ3v) is 5.99. The fourth-order valence-electron chi connectivity index (χ4n) is 3.80. The van der Waals surface area contributed by atoms with Gasteiger partial charge in [-0.3, -0.25) is 9.69 Å². The van der Waals surface area contributed by atoms with Crippen LogP contribution in [0.5, 0.6) is 5.75 Å². The third-order valence-electron chi connectivity index (χ3n) is 5.40. The number of fused-ring (bicyclic) bond motifs is 1. The number of ether oxygens (including phenoxy) is 1. The van der Waals surface area contributed by atoms with Crippen LogP contribution in [0.3, 0.4) is 0 Å². The summed E-state index contributed by atoms with van der Waals surface area (Å²) >= 11 is 12.2. The summed E-state index contributed by atoms with van der Waals surface area (Å²) < 4.78 is 21.0. The van der Waals surface area contributed by atoms with E-state index in [2.05, 4.69) is 9.88 Å². The Labute approximate surface area is 178 Å². The predicted octanol–water partition coefficient (Wildman–Crippen LogP) is 5.33. The van der Waals surface area contributed by atoms with Crippen molar-refractivity contribution in [3.05, 3.63) is 73.9 Å². The van der Waals surface area contributed by atoms with Crippen LogP contribution < -0.4 is 10.3 Å². The molecular weight excluding hydrogens is 414 g/mol. The van der Waals surface area contributed by atoms with Gasteiger partial charge in [-0.2, -0.15) is 0 Å². The van der Waals surface area contributed by atoms with Crippen molar-refractivity contribution in [2.24, 2.45) is 0 Å². The lowest BCUT2D eigenvalue weighted by Gasteiger charge is -2.32. The Balaban J connectivity index is 1.43. The van der Waals surface area contributed by atoms with Gasteiger partial charge in [0.2, 0.25) is 0 Å². The van der Waals surface area contributed by atoms with Crippen molar-refractivity contribution in [1.29, 1.82) is 0 Å². The molecule has 1 fully saturated rings. The number of likely N-dealkylation sites (tertiary alicyclic amines) is 1. The van der Waals surface area contributed by atoms with E-state index in [0.717, 1.165) is 38.0 Å². The monoisotopic (exact) mass is 434 g/mol. The van der Waals surface area contributed by atoms with Gasteiger partial charge in [0.15, 0.2) is 11.6 Å². The molecule has 2 aromatic carbocycles. The van der Waals surface area contributed by atoms with Gasteiger partial charge in [0.05, 0.1) is 5.39 Å². The van der Waals surface area contributed by atoms with Crippen molar-refractivity contribution < 1.29 is 9.13 Å². The Bertz CT molecular complexity index is 1110. The molecule has 1 aliphatic heterocycles. The van der Waals surface area contributed by atoms with E-state index in [-0.39, 0.29) is 17.4 Å². The molecule has 4 nitrogen and oxygen atoms in total. The number of rotatable bonds is 4. The highest BCUT2D eigenvalue weighted by atomic mass is 35.5. The number of aromatic nitrogens is 1. The van der Waals surface area contributed by atoms with Gasteiger partial charge >= 0.3 is 0 Å². The summed E-state index contributed by atoms with van der Waals surface area (Å²) in [6.45, 7) is 4.18. The summed E-state index contributed by atoms with van der Waals surface area (Å²) in [6, 6.07) is 8.71. The number of aromatic amines is 1. The smallest absolute Gasteiger partial charge is 0.255 e. The molecule has 1 saturated heterocycles. The van der Waals surface area contributed by atoms with Crippen LogP contribution in [0.25, 0.3) is 10.8 Å². The number of aryl methyl sites for hydroxylation is 1. The second kappa shape index (κ2) is 8.34. The van der Waals surface area contributed by atoms with Crippen molar-refractivity contribution in [2.75, 3.05) is 13.1 Å². The van der Waals surface area contributed by atoms with E-state index in [9.17, 15) is 9.18 Å². The molecule has 0 bridgehead atoms. The van der Waals surface area contributed by atoms with Crippen LogP contribution in [0.4, 0.5) is 4.39 Å². The minimum Gasteiger partial charge on any atom is -0.487 e. The summed E-state index contributed by atoms with van der Waals surface area (Å²) in [5.74, 6) is -0.271. The zero-order valence-corrected chi connectivity index (χ0v) is 17.5.